The summed E-state index contributed by atoms with van der Waals surface area (Å²) in [5, 5.41) is 49.0. The number of hydrogen-bond acceptors (Lipinski definition) is 10. The van der Waals surface area contributed by atoms with Gasteiger partial charge in [-0.25, -0.2) is 0 Å². The summed E-state index contributed by atoms with van der Waals surface area (Å²) in [6, 6.07) is 8.84. The largest absolute Gasteiger partial charge is 0.508 e. The van der Waals surface area contributed by atoms with Crippen molar-refractivity contribution in [1.82, 2.24) is 0 Å². The van der Waals surface area contributed by atoms with Crippen LogP contribution < -0.4 is 14.9 Å². The number of rotatable bonds is 5. The van der Waals surface area contributed by atoms with Gasteiger partial charge < -0.3 is 44.2 Å². The zero-order valence-electron chi connectivity index (χ0n) is 16.9. The van der Waals surface area contributed by atoms with Gasteiger partial charge in [-0.3, -0.25) is 4.79 Å². The summed E-state index contributed by atoms with van der Waals surface area (Å²) in [6.45, 7) is -0.596. The Morgan fingerprint density at radius 2 is 1.75 bits per heavy atom. The molecule has 10 heteroatoms. The van der Waals surface area contributed by atoms with E-state index >= 15 is 0 Å². The van der Waals surface area contributed by atoms with Crippen LogP contribution in [-0.2, 0) is 4.74 Å². The van der Waals surface area contributed by atoms with Crippen LogP contribution >= 0.6 is 0 Å². The van der Waals surface area contributed by atoms with E-state index < -0.39 is 37.3 Å². The molecule has 1 saturated heterocycles. The second-order valence-corrected chi connectivity index (χ2v) is 7.34. The minimum absolute atomic E-state index is 0.0616. The molecule has 2 aromatic carbocycles. The van der Waals surface area contributed by atoms with Gasteiger partial charge in [-0.2, -0.15) is 0 Å². The van der Waals surface area contributed by atoms with Crippen molar-refractivity contribution in [2.45, 2.75) is 30.7 Å². The van der Waals surface area contributed by atoms with Crippen LogP contribution in [0.1, 0.15) is 0 Å². The van der Waals surface area contributed by atoms with Crippen molar-refractivity contribution in [1.29, 1.82) is 0 Å². The van der Waals surface area contributed by atoms with Gasteiger partial charge in [-0.1, -0.05) is 12.1 Å². The molecule has 1 aromatic heterocycles. The van der Waals surface area contributed by atoms with Crippen molar-refractivity contribution >= 4 is 11.0 Å². The van der Waals surface area contributed by atoms with Crippen LogP contribution in [0.4, 0.5) is 0 Å². The van der Waals surface area contributed by atoms with Crippen LogP contribution in [0.15, 0.2) is 51.9 Å². The molecule has 32 heavy (non-hydrogen) atoms. The molecule has 0 spiro atoms. The third-order valence-corrected chi connectivity index (χ3v) is 5.31. The van der Waals surface area contributed by atoms with E-state index in [-0.39, 0.29) is 39.2 Å². The number of phenolic OH excluding ortho intramolecular Hbond substituents is 1. The Balaban J connectivity index is 1.71. The Morgan fingerprint density at radius 1 is 1.03 bits per heavy atom. The van der Waals surface area contributed by atoms with Crippen LogP contribution in [0.25, 0.3) is 22.1 Å². The van der Waals surface area contributed by atoms with Gasteiger partial charge in [-0.05, 0) is 17.7 Å². The van der Waals surface area contributed by atoms with Crippen LogP contribution in [0.3, 0.4) is 0 Å². The number of methoxy groups -OCH3 is 1. The van der Waals surface area contributed by atoms with Crippen LogP contribution in [-0.4, -0.2) is 70.0 Å². The smallest absolute Gasteiger partial charge is 0.229 e. The second-order valence-electron chi connectivity index (χ2n) is 7.34. The van der Waals surface area contributed by atoms with Crippen molar-refractivity contribution in [3.05, 3.63) is 52.9 Å². The monoisotopic (exact) mass is 446 g/mol. The maximum Gasteiger partial charge on any atom is 0.229 e. The highest BCUT2D eigenvalue weighted by Gasteiger charge is 2.44. The second kappa shape index (κ2) is 8.77. The average Bonchev–Trinajstić information content (AvgIpc) is 2.80. The standard InChI is InChI=1S/C22H22O10/c1-29-14-6-12(31-22-21(28)20(27)19(26)16(8-23)32-22)7-15-17(14)18(25)13(9-30-15)10-2-4-11(24)5-3-10/h2-7,9,16,19-24,26-28H,8H2,1H3/t16-,19-,20-,21-,22-/m0/s1. The molecule has 0 unspecified atom stereocenters. The number of aliphatic hydroxyl groups excluding tert-OH is 4. The molecule has 4 rings (SSSR count). The molecule has 0 aliphatic carbocycles. The predicted molar refractivity (Wildman–Crippen MR) is 111 cm³/mol. The normalized spacial score (nSPS) is 25.6. The fourth-order valence-electron chi connectivity index (χ4n) is 3.56. The summed E-state index contributed by atoms with van der Waals surface area (Å²) in [6.07, 6.45) is -5.98. The minimum Gasteiger partial charge on any atom is -0.508 e. The Kier molecular flexibility index (Phi) is 6.04. The number of aliphatic hydroxyl groups is 4. The maximum atomic E-state index is 13.1. The van der Waals surface area contributed by atoms with Gasteiger partial charge in [0.2, 0.25) is 11.7 Å². The zero-order chi connectivity index (χ0) is 23.0. The Morgan fingerprint density at radius 3 is 2.41 bits per heavy atom. The Hall–Kier alpha value is -3.15. The number of phenols is 1. The van der Waals surface area contributed by atoms with Crippen molar-refractivity contribution in [2.75, 3.05) is 13.7 Å². The van der Waals surface area contributed by atoms with Gasteiger partial charge in [0, 0.05) is 12.1 Å². The van der Waals surface area contributed by atoms with Crippen molar-refractivity contribution < 1.29 is 44.2 Å². The van der Waals surface area contributed by atoms with Gasteiger partial charge in [0.15, 0.2) is 0 Å². The average molecular weight is 446 g/mol. The fraction of sp³-hybridized carbons (Fsp3) is 0.318. The van der Waals surface area contributed by atoms with E-state index in [1.165, 1.54) is 37.6 Å². The summed E-state index contributed by atoms with van der Waals surface area (Å²) in [5.41, 5.74) is 0.574. The fourth-order valence-corrected chi connectivity index (χ4v) is 3.56. The molecule has 0 amide bonds. The molecule has 1 aliphatic rings. The molecule has 1 fully saturated rings. The quantitative estimate of drug-likeness (QED) is 0.370. The molecule has 3 aromatic rings. The molecule has 1 aliphatic heterocycles. The first-order chi connectivity index (χ1) is 15.3. The highest BCUT2D eigenvalue weighted by molar-refractivity contribution is 5.88. The SMILES string of the molecule is COc1cc(O[C@H]2O[C@@H](CO)[C@H](O)[C@H](O)[C@@H]2O)cc2occ(-c3ccc(O)cc3)c(=O)c12. The highest BCUT2D eigenvalue weighted by Crippen LogP contribution is 2.33. The highest BCUT2D eigenvalue weighted by atomic mass is 16.7. The van der Waals surface area contributed by atoms with Crippen molar-refractivity contribution in [2.24, 2.45) is 0 Å². The number of benzene rings is 2. The summed E-state index contributed by atoms with van der Waals surface area (Å²) < 4.78 is 21.9. The van der Waals surface area contributed by atoms with E-state index in [0.717, 1.165) is 0 Å². The predicted octanol–water partition coefficient (Wildman–Crippen LogP) is 0.353. The van der Waals surface area contributed by atoms with Crippen LogP contribution in [0.2, 0.25) is 0 Å². The third kappa shape index (κ3) is 3.90. The first kappa shape index (κ1) is 22.1. The van der Waals surface area contributed by atoms with Crippen LogP contribution in [0.5, 0.6) is 17.2 Å². The lowest BCUT2D eigenvalue weighted by atomic mass is 9.99. The third-order valence-electron chi connectivity index (χ3n) is 5.31. The van der Waals surface area contributed by atoms with E-state index in [0.29, 0.717) is 5.56 Å². The first-order valence-corrected chi connectivity index (χ1v) is 9.74. The van der Waals surface area contributed by atoms with Gasteiger partial charge in [0.25, 0.3) is 0 Å². The summed E-state index contributed by atoms with van der Waals surface area (Å²) in [5.74, 6) is 0.294. The van der Waals surface area contributed by atoms with Crippen LogP contribution in [0, 0.1) is 0 Å². The van der Waals surface area contributed by atoms with Crippen molar-refractivity contribution in [3.63, 3.8) is 0 Å². The summed E-state index contributed by atoms with van der Waals surface area (Å²) >= 11 is 0. The molecule has 10 nitrogen and oxygen atoms in total. The Labute approximate surface area is 181 Å². The maximum absolute atomic E-state index is 13.1. The van der Waals surface area contributed by atoms with Gasteiger partial charge in [-0.15, -0.1) is 0 Å². The molecular formula is C22H22O10. The lowest BCUT2D eigenvalue weighted by Gasteiger charge is -2.39. The van der Waals surface area contributed by atoms with E-state index in [2.05, 4.69) is 0 Å². The van der Waals surface area contributed by atoms with Gasteiger partial charge >= 0.3 is 0 Å². The van der Waals surface area contributed by atoms with E-state index in [1.807, 2.05) is 0 Å². The molecule has 2 heterocycles. The number of ether oxygens (including phenoxy) is 3. The molecule has 5 N–H and O–H groups in total. The summed E-state index contributed by atoms with van der Waals surface area (Å²) in [7, 11) is 1.36. The van der Waals surface area contributed by atoms with E-state index in [9.17, 15) is 30.3 Å². The van der Waals surface area contributed by atoms with E-state index in [4.69, 9.17) is 18.6 Å². The Bertz CT molecular complexity index is 1150. The lowest BCUT2D eigenvalue weighted by Crippen LogP contribution is -2.60. The molecule has 170 valence electrons. The van der Waals surface area contributed by atoms with Gasteiger partial charge in [0.1, 0.15) is 58.9 Å². The molecule has 5 atom stereocenters. The number of fused-ring (bicyclic) bond motifs is 1. The van der Waals surface area contributed by atoms with E-state index in [1.54, 1.807) is 12.1 Å². The van der Waals surface area contributed by atoms with Gasteiger partial charge in [0.05, 0.1) is 19.3 Å². The summed E-state index contributed by atoms with van der Waals surface area (Å²) in [4.78, 5) is 13.1. The topological polar surface area (TPSA) is 159 Å². The molecule has 0 radical (unpaired) electrons. The zero-order valence-corrected chi connectivity index (χ0v) is 16.9. The number of hydrogen-bond donors (Lipinski definition) is 5. The molecular weight excluding hydrogens is 424 g/mol. The minimum atomic E-state index is -1.60. The first-order valence-electron chi connectivity index (χ1n) is 9.74. The number of aromatic hydroxyl groups is 1. The van der Waals surface area contributed by atoms with Crippen molar-refractivity contribution in [3.8, 4) is 28.4 Å². The lowest BCUT2D eigenvalue weighted by molar-refractivity contribution is -0.277. The molecule has 0 saturated carbocycles. The molecule has 0 bridgehead atoms.